The van der Waals surface area contributed by atoms with Gasteiger partial charge in [0.1, 0.15) is 5.82 Å². The van der Waals surface area contributed by atoms with Crippen molar-refractivity contribution in [3.8, 4) is 0 Å². The van der Waals surface area contributed by atoms with E-state index in [1.807, 2.05) is 53.4 Å². The molecule has 2 fully saturated rings. The van der Waals surface area contributed by atoms with E-state index in [9.17, 15) is 4.79 Å². The van der Waals surface area contributed by atoms with Crippen LogP contribution in [0.25, 0.3) is 0 Å². The van der Waals surface area contributed by atoms with Gasteiger partial charge in [-0.05, 0) is 37.1 Å². The second-order valence-electron chi connectivity index (χ2n) is 8.06. The van der Waals surface area contributed by atoms with Gasteiger partial charge in [-0.25, -0.2) is 4.98 Å². The van der Waals surface area contributed by atoms with Crippen molar-refractivity contribution >= 4 is 17.5 Å². The Kier molecular flexibility index (Phi) is 5.19. The predicted octanol–water partition coefficient (Wildman–Crippen LogP) is 3.38. The quantitative estimate of drug-likeness (QED) is 0.661. The lowest BCUT2D eigenvalue weighted by Crippen LogP contribution is -2.48. The van der Waals surface area contributed by atoms with Gasteiger partial charge in [0.15, 0.2) is 5.82 Å². The largest absolute Gasteiger partial charge is 0.336 e. The van der Waals surface area contributed by atoms with E-state index in [1.165, 1.54) is 18.5 Å². The minimum Gasteiger partial charge on any atom is -0.336 e. The number of benzene rings is 1. The topological polar surface area (TPSA) is 77.2 Å². The molecule has 0 radical (unpaired) electrons. The Labute approximate surface area is 176 Å². The van der Waals surface area contributed by atoms with Crippen LogP contribution in [0.2, 0.25) is 0 Å². The van der Waals surface area contributed by atoms with E-state index in [0.717, 1.165) is 55.6 Å². The van der Waals surface area contributed by atoms with Gasteiger partial charge in [-0.1, -0.05) is 24.3 Å². The normalized spacial score (nSPS) is 17.1. The van der Waals surface area contributed by atoms with Crippen LogP contribution in [0.15, 0.2) is 54.6 Å². The molecule has 0 spiro atoms. The van der Waals surface area contributed by atoms with E-state index in [0.29, 0.717) is 5.92 Å². The lowest BCUT2D eigenvalue weighted by atomic mass is 10.2. The second-order valence-corrected chi connectivity index (χ2v) is 8.06. The highest BCUT2D eigenvalue weighted by molar-refractivity contribution is 5.94. The zero-order valence-electron chi connectivity index (χ0n) is 16.9. The molecule has 154 valence electrons. The van der Waals surface area contributed by atoms with Gasteiger partial charge in [0.05, 0.1) is 5.69 Å². The third kappa shape index (κ3) is 4.36. The SMILES string of the molecule is O=C(c1ccccc1)N1CCN(Cc2cccc(Nc3cc(C4CC4)[nH]n3)n2)CC1. The van der Waals surface area contributed by atoms with Crippen LogP contribution in [-0.4, -0.2) is 57.1 Å². The number of anilines is 2. The van der Waals surface area contributed by atoms with E-state index in [4.69, 9.17) is 4.98 Å². The summed E-state index contributed by atoms with van der Waals surface area (Å²) in [4.78, 5) is 21.6. The van der Waals surface area contributed by atoms with Crippen molar-refractivity contribution in [1.29, 1.82) is 0 Å². The Balaban J connectivity index is 1.15. The molecule has 0 unspecified atom stereocenters. The number of nitrogens with one attached hydrogen (secondary N) is 2. The molecule has 1 aromatic carbocycles. The zero-order valence-corrected chi connectivity index (χ0v) is 16.9. The summed E-state index contributed by atoms with van der Waals surface area (Å²) >= 11 is 0. The highest BCUT2D eigenvalue weighted by Gasteiger charge is 2.25. The summed E-state index contributed by atoms with van der Waals surface area (Å²) in [5.74, 6) is 2.39. The summed E-state index contributed by atoms with van der Waals surface area (Å²) in [6.45, 7) is 3.95. The van der Waals surface area contributed by atoms with E-state index in [2.05, 4.69) is 26.5 Å². The fourth-order valence-corrected chi connectivity index (χ4v) is 3.87. The molecule has 2 aliphatic rings. The summed E-state index contributed by atoms with van der Waals surface area (Å²) in [5.41, 5.74) is 2.98. The van der Waals surface area contributed by atoms with Crippen LogP contribution in [0, 0.1) is 0 Å². The summed E-state index contributed by atoms with van der Waals surface area (Å²) in [5, 5.41) is 10.8. The summed E-state index contributed by atoms with van der Waals surface area (Å²) in [6, 6.07) is 17.6. The Bertz CT molecular complexity index is 1010. The number of rotatable bonds is 6. The number of hydrogen-bond acceptors (Lipinski definition) is 5. The predicted molar refractivity (Wildman–Crippen MR) is 116 cm³/mol. The molecule has 0 bridgehead atoms. The van der Waals surface area contributed by atoms with Gasteiger partial charge in [-0.2, -0.15) is 5.10 Å². The number of piperazine rings is 1. The lowest BCUT2D eigenvalue weighted by Gasteiger charge is -2.34. The minimum absolute atomic E-state index is 0.115. The van der Waals surface area contributed by atoms with Gasteiger partial charge >= 0.3 is 0 Å². The Morgan fingerprint density at radius 1 is 1.00 bits per heavy atom. The molecular weight excluding hydrogens is 376 g/mol. The number of carbonyl (C=O) groups excluding carboxylic acids is 1. The van der Waals surface area contributed by atoms with Gasteiger partial charge in [-0.3, -0.25) is 14.8 Å². The summed E-state index contributed by atoms with van der Waals surface area (Å²) in [7, 11) is 0. The molecule has 1 aliphatic carbocycles. The van der Waals surface area contributed by atoms with Crippen molar-refractivity contribution in [3.05, 3.63) is 71.5 Å². The number of amides is 1. The zero-order chi connectivity index (χ0) is 20.3. The number of nitrogens with zero attached hydrogens (tertiary/aromatic N) is 4. The van der Waals surface area contributed by atoms with Crippen LogP contribution in [0.4, 0.5) is 11.6 Å². The van der Waals surface area contributed by atoms with Gasteiger partial charge in [0, 0.05) is 56.0 Å². The van der Waals surface area contributed by atoms with Crippen molar-refractivity contribution < 1.29 is 4.79 Å². The second kappa shape index (κ2) is 8.28. The van der Waals surface area contributed by atoms with Gasteiger partial charge in [0.2, 0.25) is 0 Å². The molecule has 5 rings (SSSR count). The molecule has 3 heterocycles. The van der Waals surface area contributed by atoms with Crippen LogP contribution in [0.1, 0.15) is 40.5 Å². The first-order valence-corrected chi connectivity index (χ1v) is 10.6. The first-order chi connectivity index (χ1) is 14.7. The molecule has 1 saturated carbocycles. The van der Waals surface area contributed by atoms with E-state index < -0.39 is 0 Å². The van der Waals surface area contributed by atoms with Crippen molar-refractivity contribution in [3.63, 3.8) is 0 Å². The molecule has 7 nitrogen and oxygen atoms in total. The van der Waals surface area contributed by atoms with Crippen LogP contribution < -0.4 is 5.32 Å². The Hall–Kier alpha value is -3.19. The van der Waals surface area contributed by atoms with Crippen molar-refractivity contribution in [2.24, 2.45) is 0 Å². The number of aromatic nitrogens is 3. The van der Waals surface area contributed by atoms with Crippen molar-refractivity contribution in [1.82, 2.24) is 25.0 Å². The average Bonchev–Trinajstić information content (AvgIpc) is 3.54. The monoisotopic (exact) mass is 402 g/mol. The lowest BCUT2D eigenvalue weighted by molar-refractivity contribution is 0.0627. The molecule has 30 heavy (non-hydrogen) atoms. The van der Waals surface area contributed by atoms with Crippen molar-refractivity contribution in [2.75, 3.05) is 31.5 Å². The number of pyridine rings is 1. The maximum absolute atomic E-state index is 12.6. The summed E-state index contributed by atoms with van der Waals surface area (Å²) in [6.07, 6.45) is 2.50. The molecule has 0 atom stereocenters. The van der Waals surface area contributed by atoms with Gasteiger partial charge in [0.25, 0.3) is 5.91 Å². The third-order valence-corrected chi connectivity index (χ3v) is 5.74. The molecule has 1 amide bonds. The van der Waals surface area contributed by atoms with Gasteiger partial charge in [-0.15, -0.1) is 0 Å². The molecule has 2 aromatic heterocycles. The average molecular weight is 403 g/mol. The number of aromatic amines is 1. The summed E-state index contributed by atoms with van der Waals surface area (Å²) < 4.78 is 0. The molecular formula is C23H26N6O. The number of hydrogen-bond donors (Lipinski definition) is 2. The first kappa shape index (κ1) is 18.8. The fraction of sp³-hybridized carbons (Fsp3) is 0.348. The Morgan fingerprint density at radius 2 is 1.80 bits per heavy atom. The molecule has 2 N–H and O–H groups in total. The fourth-order valence-electron chi connectivity index (χ4n) is 3.87. The van der Waals surface area contributed by atoms with E-state index in [1.54, 1.807) is 0 Å². The Morgan fingerprint density at radius 3 is 2.57 bits per heavy atom. The minimum atomic E-state index is 0.115. The maximum Gasteiger partial charge on any atom is 0.253 e. The van der Waals surface area contributed by atoms with E-state index >= 15 is 0 Å². The maximum atomic E-state index is 12.6. The molecule has 1 saturated heterocycles. The smallest absolute Gasteiger partial charge is 0.253 e. The molecule has 1 aliphatic heterocycles. The molecule has 7 heteroatoms. The number of H-pyrrole nitrogens is 1. The van der Waals surface area contributed by atoms with Gasteiger partial charge < -0.3 is 10.2 Å². The van der Waals surface area contributed by atoms with Crippen LogP contribution >= 0.6 is 0 Å². The highest BCUT2D eigenvalue weighted by atomic mass is 16.2. The van der Waals surface area contributed by atoms with Crippen molar-refractivity contribution in [2.45, 2.75) is 25.3 Å². The highest BCUT2D eigenvalue weighted by Crippen LogP contribution is 2.39. The molecule has 3 aromatic rings. The number of carbonyl (C=O) groups is 1. The standard InChI is InChI=1S/C23H26N6O/c30-23(18-5-2-1-3-6-18)29-13-11-28(12-14-29)16-19-7-4-8-21(24-19)25-22-15-20(26-27-22)17-9-10-17/h1-8,15,17H,9-14,16H2,(H2,24,25,26,27). The third-order valence-electron chi connectivity index (χ3n) is 5.74. The van der Waals surface area contributed by atoms with E-state index in [-0.39, 0.29) is 5.91 Å². The van der Waals surface area contributed by atoms with Crippen LogP contribution in [0.5, 0.6) is 0 Å². The first-order valence-electron chi connectivity index (χ1n) is 10.6. The van der Waals surface area contributed by atoms with Crippen LogP contribution in [-0.2, 0) is 6.54 Å². The van der Waals surface area contributed by atoms with Crippen LogP contribution in [0.3, 0.4) is 0 Å².